The summed E-state index contributed by atoms with van der Waals surface area (Å²) in [4.78, 5) is 23.6. The second-order valence-corrected chi connectivity index (χ2v) is 6.50. The molecule has 1 heterocycles. The highest BCUT2D eigenvalue weighted by Gasteiger charge is 2.44. The number of hydrogen-bond donors (Lipinski definition) is 2. The summed E-state index contributed by atoms with van der Waals surface area (Å²) in [6.45, 7) is 3.39. The van der Waals surface area contributed by atoms with E-state index < -0.39 is 5.97 Å². The third-order valence-corrected chi connectivity index (χ3v) is 5.49. The molecule has 8 heteroatoms. The molecule has 6 nitrogen and oxygen atoms in total. The third kappa shape index (κ3) is 3.30. The van der Waals surface area contributed by atoms with Crippen LogP contribution in [0.1, 0.15) is 26.7 Å². The quantitative estimate of drug-likeness (QED) is 0.354. The van der Waals surface area contributed by atoms with Gasteiger partial charge in [0.25, 0.3) is 0 Å². The summed E-state index contributed by atoms with van der Waals surface area (Å²) in [7, 11) is 0. The molecule has 0 aromatic rings. The molecule has 0 aromatic heterocycles. The highest BCUT2D eigenvalue weighted by molar-refractivity contribution is 8.04. The molecule has 2 rings (SSSR count). The van der Waals surface area contributed by atoms with Crippen molar-refractivity contribution >= 4 is 41.5 Å². The van der Waals surface area contributed by atoms with Gasteiger partial charge in [-0.25, -0.2) is 4.79 Å². The van der Waals surface area contributed by atoms with E-state index in [1.54, 1.807) is 6.92 Å². The van der Waals surface area contributed by atoms with Crippen molar-refractivity contribution in [2.45, 2.75) is 31.9 Å². The highest BCUT2D eigenvalue weighted by atomic mass is 35.5. The maximum atomic E-state index is 12.2. The van der Waals surface area contributed by atoms with Gasteiger partial charge in [0.2, 0.25) is 5.91 Å². The minimum absolute atomic E-state index is 0.116. The van der Waals surface area contributed by atoms with Crippen molar-refractivity contribution in [3.63, 3.8) is 0 Å². The van der Waals surface area contributed by atoms with Crippen molar-refractivity contribution in [2.75, 3.05) is 6.61 Å². The van der Waals surface area contributed by atoms with Crippen LogP contribution in [0.5, 0.6) is 0 Å². The van der Waals surface area contributed by atoms with Crippen LogP contribution in [0, 0.1) is 5.92 Å². The van der Waals surface area contributed by atoms with Crippen molar-refractivity contribution in [1.82, 2.24) is 5.32 Å². The predicted molar refractivity (Wildman–Crippen MR) is 84.7 cm³/mol. The Kier molecular flexibility index (Phi) is 5.52. The minimum atomic E-state index is -0.421. The number of allylic oxidation sites excluding steroid dienone is 1. The zero-order valence-corrected chi connectivity index (χ0v) is 13.8. The fraction of sp³-hybridized carbons (Fsp3) is 0.500. The van der Waals surface area contributed by atoms with E-state index in [2.05, 4.69) is 10.5 Å². The lowest BCUT2D eigenvalue weighted by Crippen LogP contribution is -2.26. The average molecular weight is 345 g/mol. The Bertz CT molecular complexity index is 585. The molecule has 120 valence electrons. The standard InChI is InChI=1S/C14H17ClN2O4S/c1-3-21-14(19)10-9-5-4-8(6-16-20)11(15)12(9)22-13(10)17-7(2)18/h6,9,12,20H,3-5H2,1-2H3,(H,17,18)/b16-6+/t9-,12+/m1/s1. The molecule has 0 aromatic carbocycles. The van der Waals surface area contributed by atoms with Gasteiger partial charge in [-0.1, -0.05) is 28.5 Å². The summed E-state index contributed by atoms with van der Waals surface area (Å²) in [5, 5.41) is 15.3. The molecular weight excluding hydrogens is 328 g/mol. The molecule has 22 heavy (non-hydrogen) atoms. The van der Waals surface area contributed by atoms with Gasteiger partial charge >= 0.3 is 5.97 Å². The molecule has 0 fully saturated rings. The van der Waals surface area contributed by atoms with E-state index in [1.165, 1.54) is 24.9 Å². The molecule has 1 amide bonds. The summed E-state index contributed by atoms with van der Waals surface area (Å²) in [5.74, 6) is -0.788. The maximum Gasteiger partial charge on any atom is 0.337 e. The molecule has 2 N–H and O–H groups in total. The number of oxime groups is 1. The number of carbonyl (C=O) groups is 2. The first-order valence-corrected chi connectivity index (χ1v) is 8.16. The minimum Gasteiger partial charge on any atom is -0.463 e. The molecule has 2 atom stereocenters. The van der Waals surface area contributed by atoms with Crippen LogP contribution in [0.2, 0.25) is 0 Å². The number of thioether (sulfide) groups is 1. The number of hydrogen-bond acceptors (Lipinski definition) is 6. The summed E-state index contributed by atoms with van der Waals surface area (Å²) in [6.07, 6.45) is 2.59. The zero-order chi connectivity index (χ0) is 16.3. The normalized spacial score (nSPS) is 24.7. The second-order valence-electron chi connectivity index (χ2n) is 4.95. The molecule has 0 bridgehead atoms. The lowest BCUT2D eigenvalue weighted by molar-refractivity contribution is -0.139. The fourth-order valence-electron chi connectivity index (χ4n) is 2.64. The Morgan fingerprint density at radius 1 is 1.59 bits per heavy atom. The largest absolute Gasteiger partial charge is 0.463 e. The number of ether oxygens (including phenoxy) is 1. The predicted octanol–water partition coefficient (Wildman–Crippen LogP) is 2.38. The number of amides is 1. The van der Waals surface area contributed by atoms with Gasteiger partial charge in [0.1, 0.15) is 0 Å². The number of nitrogens with one attached hydrogen (secondary N) is 1. The van der Waals surface area contributed by atoms with Crippen LogP contribution in [-0.4, -0.2) is 35.2 Å². The first-order chi connectivity index (χ1) is 10.5. The number of halogens is 1. The van der Waals surface area contributed by atoms with Crippen LogP contribution in [-0.2, 0) is 14.3 Å². The average Bonchev–Trinajstić information content (AvgIpc) is 2.80. The Morgan fingerprint density at radius 2 is 2.32 bits per heavy atom. The van der Waals surface area contributed by atoms with Gasteiger partial charge in [-0.2, -0.15) is 0 Å². The van der Waals surface area contributed by atoms with Crippen molar-refractivity contribution in [3.8, 4) is 0 Å². The van der Waals surface area contributed by atoms with Gasteiger partial charge < -0.3 is 15.3 Å². The lowest BCUT2D eigenvalue weighted by atomic mass is 9.84. The van der Waals surface area contributed by atoms with E-state index in [1.807, 2.05) is 0 Å². The van der Waals surface area contributed by atoms with Crippen molar-refractivity contribution < 1.29 is 19.5 Å². The molecule has 0 spiro atoms. The highest BCUT2D eigenvalue weighted by Crippen LogP contribution is 2.51. The topological polar surface area (TPSA) is 88.0 Å². The Balaban J connectivity index is 2.36. The number of rotatable bonds is 4. The van der Waals surface area contributed by atoms with E-state index in [-0.39, 0.29) is 23.7 Å². The van der Waals surface area contributed by atoms with Crippen LogP contribution in [0.15, 0.2) is 26.4 Å². The summed E-state index contributed by atoms with van der Waals surface area (Å²) in [5.41, 5.74) is 1.22. The monoisotopic (exact) mass is 344 g/mol. The maximum absolute atomic E-state index is 12.2. The summed E-state index contributed by atoms with van der Waals surface area (Å²) >= 11 is 7.71. The van der Waals surface area contributed by atoms with Gasteiger partial charge in [0, 0.05) is 17.9 Å². The van der Waals surface area contributed by atoms with Gasteiger partial charge in [-0.3, -0.25) is 4.79 Å². The number of fused-ring (bicyclic) bond motifs is 1. The summed E-state index contributed by atoms with van der Waals surface area (Å²) in [6, 6.07) is 0. The lowest BCUT2D eigenvalue weighted by Gasteiger charge is -2.26. The third-order valence-electron chi connectivity index (χ3n) is 3.51. The van der Waals surface area contributed by atoms with Gasteiger partial charge in [0.15, 0.2) is 0 Å². The zero-order valence-electron chi connectivity index (χ0n) is 12.3. The fourth-order valence-corrected chi connectivity index (χ4v) is 4.57. The van der Waals surface area contributed by atoms with E-state index in [9.17, 15) is 9.59 Å². The van der Waals surface area contributed by atoms with E-state index in [0.29, 0.717) is 28.5 Å². The first kappa shape index (κ1) is 16.9. The van der Waals surface area contributed by atoms with Crippen LogP contribution in [0.25, 0.3) is 0 Å². The molecule has 2 aliphatic rings. The molecule has 0 saturated heterocycles. The first-order valence-electron chi connectivity index (χ1n) is 6.91. The van der Waals surface area contributed by atoms with Gasteiger partial charge in [-0.15, -0.1) is 0 Å². The van der Waals surface area contributed by atoms with Crippen LogP contribution in [0.4, 0.5) is 0 Å². The van der Waals surface area contributed by atoms with Crippen LogP contribution >= 0.6 is 23.4 Å². The Labute approximate surface area is 137 Å². The molecule has 0 radical (unpaired) electrons. The van der Waals surface area contributed by atoms with Gasteiger partial charge in [0.05, 0.1) is 28.7 Å². The van der Waals surface area contributed by atoms with Crippen LogP contribution in [0.3, 0.4) is 0 Å². The number of carbonyl (C=O) groups excluding carboxylic acids is 2. The van der Waals surface area contributed by atoms with E-state index in [4.69, 9.17) is 21.5 Å². The number of nitrogens with zero attached hydrogens (tertiary/aromatic N) is 1. The van der Waals surface area contributed by atoms with Crippen molar-refractivity contribution in [3.05, 3.63) is 21.2 Å². The van der Waals surface area contributed by atoms with Crippen molar-refractivity contribution in [2.24, 2.45) is 11.1 Å². The SMILES string of the molecule is CCOC(=O)C1=C(NC(C)=O)S[C@@H]2C(Cl)=C(/C=N/O)CC[C@H]12. The van der Waals surface area contributed by atoms with E-state index in [0.717, 1.165) is 5.57 Å². The van der Waals surface area contributed by atoms with Gasteiger partial charge in [-0.05, 0) is 25.3 Å². The van der Waals surface area contributed by atoms with E-state index >= 15 is 0 Å². The summed E-state index contributed by atoms with van der Waals surface area (Å²) < 4.78 is 5.11. The molecule has 0 saturated carbocycles. The molecule has 1 aliphatic carbocycles. The molecular formula is C14H17ClN2O4S. The smallest absolute Gasteiger partial charge is 0.337 e. The molecule has 0 unspecified atom stereocenters. The van der Waals surface area contributed by atoms with Crippen LogP contribution < -0.4 is 5.32 Å². The Hall–Kier alpha value is -1.47. The Morgan fingerprint density at radius 3 is 2.91 bits per heavy atom. The second kappa shape index (κ2) is 7.19. The number of esters is 1. The molecule has 1 aliphatic heterocycles. The van der Waals surface area contributed by atoms with Crippen molar-refractivity contribution in [1.29, 1.82) is 0 Å².